The summed E-state index contributed by atoms with van der Waals surface area (Å²) < 4.78 is 39.1. The molecule has 108 valence electrons. The van der Waals surface area contributed by atoms with Gasteiger partial charge in [-0.1, -0.05) is 26.8 Å². The first kappa shape index (κ1) is 16.4. The Bertz CT molecular complexity index is 433. The minimum absolute atomic E-state index is 0.119. The first-order chi connectivity index (χ1) is 8.49. The van der Waals surface area contributed by atoms with Gasteiger partial charge in [0.25, 0.3) is 0 Å². The summed E-state index contributed by atoms with van der Waals surface area (Å²) in [6.07, 6.45) is -4.10. The monoisotopic (exact) mass is 291 g/mol. The van der Waals surface area contributed by atoms with Gasteiger partial charge >= 0.3 is 6.18 Å². The lowest BCUT2D eigenvalue weighted by Gasteiger charge is -2.20. The van der Waals surface area contributed by atoms with Gasteiger partial charge < -0.3 is 5.73 Å². The third-order valence-corrected chi connectivity index (χ3v) is 3.45. The molecule has 0 aliphatic carbocycles. The highest BCUT2D eigenvalue weighted by molar-refractivity contribution is 8.00. The van der Waals surface area contributed by atoms with E-state index >= 15 is 0 Å². The lowest BCUT2D eigenvalue weighted by Crippen LogP contribution is -2.20. The number of hydrogen-bond acceptors (Lipinski definition) is 2. The number of alkyl halides is 3. The number of thioether (sulfide) groups is 1. The first-order valence-electron chi connectivity index (χ1n) is 6.14. The fourth-order valence-electron chi connectivity index (χ4n) is 1.76. The van der Waals surface area contributed by atoms with Crippen LogP contribution in [0.3, 0.4) is 0 Å². The fourth-order valence-corrected chi connectivity index (χ4v) is 2.78. The Morgan fingerprint density at radius 3 is 2.21 bits per heavy atom. The van der Waals surface area contributed by atoms with Gasteiger partial charge in [0.1, 0.15) is 0 Å². The molecular formula is C14H20F3NS. The quantitative estimate of drug-likeness (QED) is 0.831. The van der Waals surface area contributed by atoms with Crippen molar-refractivity contribution in [2.75, 3.05) is 0 Å². The summed E-state index contributed by atoms with van der Waals surface area (Å²) in [5.74, 6) is 0. The average Bonchev–Trinajstić information content (AvgIpc) is 2.15. The highest BCUT2D eigenvalue weighted by Gasteiger charge is 2.34. The van der Waals surface area contributed by atoms with Crippen LogP contribution in [-0.4, -0.2) is 10.8 Å². The summed E-state index contributed by atoms with van der Waals surface area (Å²) >= 11 is 1.43. The summed E-state index contributed by atoms with van der Waals surface area (Å²) in [7, 11) is 0. The van der Waals surface area contributed by atoms with Crippen molar-refractivity contribution in [3.8, 4) is 0 Å². The van der Waals surface area contributed by atoms with E-state index in [1.54, 1.807) is 19.1 Å². The summed E-state index contributed by atoms with van der Waals surface area (Å²) in [5.41, 5.74) is 5.30. The van der Waals surface area contributed by atoms with Crippen LogP contribution in [0, 0.1) is 0 Å². The van der Waals surface area contributed by atoms with Gasteiger partial charge in [0.2, 0.25) is 0 Å². The second kappa shape index (κ2) is 5.75. The number of nitrogens with two attached hydrogens (primary N) is 1. The Balaban J connectivity index is 3.16. The van der Waals surface area contributed by atoms with Crippen molar-refractivity contribution >= 4 is 11.8 Å². The lowest BCUT2D eigenvalue weighted by atomic mass is 10.0. The zero-order valence-corrected chi connectivity index (χ0v) is 12.5. The number of benzene rings is 1. The molecule has 0 bridgehead atoms. The van der Waals surface area contributed by atoms with Crippen LogP contribution in [0.4, 0.5) is 13.2 Å². The van der Waals surface area contributed by atoms with Gasteiger partial charge in [0.05, 0.1) is 5.56 Å². The number of hydrogen-bond donors (Lipinski definition) is 1. The Labute approximate surface area is 116 Å². The third-order valence-electron chi connectivity index (χ3n) is 2.35. The van der Waals surface area contributed by atoms with E-state index in [1.807, 2.05) is 20.8 Å². The van der Waals surface area contributed by atoms with E-state index < -0.39 is 11.7 Å². The minimum atomic E-state index is -4.33. The van der Waals surface area contributed by atoms with Gasteiger partial charge in [-0.15, -0.1) is 11.8 Å². The summed E-state index contributed by atoms with van der Waals surface area (Å²) in [6.45, 7) is 7.63. The van der Waals surface area contributed by atoms with Crippen LogP contribution in [0.25, 0.3) is 0 Å². The second-order valence-electron chi connectivity index (χ2n) is 5.71. The maximum atomic E-state index is 13.1. The van der Waals surface area contributed by atoms with Crippen LogP contribution in [-0.2, 0) is 12.6 Å². The molecule has 1 atom stereocenters. The Hall–Kier alpha value is -0.680. The van der Waals surface area contributed by atoms with Gasteiger partial charge in [0.15, 0.2) is 0 Å². The van der Waals surface area contributed by atoms with E-state index in [1.165, 1.54) is 17.8 Å². The van der Waals surface area contributed by atoms with Crippen molar-refractivity contribution in [2.45, 2.75) is 56.0 Å². The molecule has 1 rings (SSSR count). The molecule has 0 aromatic heterocycles. The largest absolute Gasteiger partial charge is 0.416 e. The zero-order chi connectivity index (χ0) is 14.8. The normalized spacial score (nSPS) is 14.5. The first-order valence-corrected chi connectivity index (χ1v) is 6.95. The van der Waals surface area contributed by atoms with Crippen LogP contribution in [0.15, 0.2) is 23.1 Å². The van der Waals surface area contributed by atoms with Crippen molar-refractivity contribution in [1.82, 2.24) is 0 Å². The molecule has 0 heterocycles. The van der Waals surface area contributed by atoms with E-state index in [2.05, 4.69) is 0 Å². The van der Waals surface area contributed by atoms with Crippen molar-refractivity contribution < 1.29 is 13.2 Å². The standard InChI is InChI=1S/C14H20F3NS/c1-9(18)7-10-5-6-11(19-13(2,3)4)8-12(10)14(15,16)17/h5-6,8-9H,7,18H2,1-4H3. The molecule has 0 spiro atoms. The smallest absolute Gasteiger partial charge is 0.328 e. The van der Waals surface area contributed by atoms with Gasteiger partial charge in [-0.2, -0.15) is 13.2 Å². The number of halogens is 3. The molecule has 0 amide bonds. The summed E-state index contributed by atoms with van der Waals surface area (Å²) in [5, 5.41) is 0. The van der Waals surface area contributed by atoms with Gasteiger partial charge in [-0.05, 0) is 31.0 Å². The maximum absolute atomic E-state index is 13.1. The molecule has 0 saturated carbocycles. The Morgan fingerprint density at radius 1 is 1.21 bits per heavy atom. The van der Waals surface area contributed by atoms with Crippen LogP contribution >= 0.6 is 11.8 Å². The van der Waals surface area contributed by atoms with Crippen molar-refractivity contribution in [3.63, 3.8) is 0 Å². The Morgan fingerprint density at radius 2 is 1.79 bits per heavy atom. The van der Waals surface area contributed by atoms with E-state index in [0.717, 1.165) is 0 Å². The third kappa shape index (κ3) is 5.45. The predicted molar refractivity (Wildman–Crippen MR) is 74.4 cm³/mol. The molecule has 0 radical (unpaired) electrons. The van der Waals surface area contributed by atoms with Crippen molar-refractivity contribution in [2.24, 2.45) is 5.73 Å². The Kier molecular flexibility index (Phi) is 4.96. The maximum Gasteiger partial charge on any atom is 0.416 e. The lowest BCUT2D eigenvalue weighted by molar-refractivity contribution is -0.138. The molecular weight excluding hydrogens is 271 g/mol. The molecule has 0 fully saturated rings. The SMILES string of the molecule is CC(N)Cc1ccc(SC(C)(C)C)cc1C(F)(F)F. The van der Waals surface area contributed by atoms with E-state index in [0.29, 0.717) is 4.90 Å². The van der Waals surface area contributed by atoms with E-state index in [4.69, 9.17) is 5.73 Å². The second-order valence-corrected chi connectivity index (χ2v) is 7.61. The van der Waals surface area contributed by atoms with Crippen LogP contribution in [0.5, 0.6) is 0 Å². The van der Waals surface area contributed by atoms with Gasteiger partial charge in [-0.25, -0.2) is 0 Å². The van der Waals surface area contributed by atoms with Crippen LogP contribution < -0.4 is 5.73 Å². The van der Waals surface area contributed by atoms with Crippen molar-refractivity contribution in [3.05, 3.63) is 29.3 Å². The average molecular weight is 291 g/mol. The van der Waals surface area contributed by atoms with Crippen LogP contribution in [0.2, 0.25) is 0 Å². The highest BCUT2D eigenvalue weighted by atomic mass is 32.2. The predicted octanol–water partition coefficient (Wildman–Crippen LogP) is 4.49. The topological polar surface area (TPSA) is 26.0 Å². The molecule has 1 aromatic rings. The molecule has 0 aliphatic rings. The zero-order valence-electron chi connectivity index (χ0n) is 11.6. The van der Waals surface area contributed by atoms with Crippen molar-refractivity contribution in [1.29, 1.82) is 0 Å². The minimum Gasteiger partial charge on any atom is -0.328 e. The van der Waals surface area contributed by atoms with E-state index in [-0.39, 0.29) is 22.8 Å². The molecule has 1 aromatic carbocycles. The molecule has 0 aliphatic heterocycles. The van der Waals surface area contributed by atoms with Crippen LogP contribution in [0.1, 0.15) is 38.8 Å². The van der Waals surface area contributed by atoms with Gasteiger partial charge in [0, 0.05) is 15.7 Å². The molecule has 5 heteroatoms. The molecule has 1 nitrogen and oxygen atoms in total. The molecule has 2 N–H and O–H groups in total. The summed E-state index contributed by atoms with van der Waals surface area (Å²) in [6, 6.07) is 4.22. The highest BCUT2D eigenvalue weighted by Crippen LogP contribution is 2.38. The summed E-state index contributed by atoms with van der Waals surface area (Å²) in [4.78, 5) is 0.633. The van der Waals surface area contributed by atoms with E-state index in [9.17, 15) is 13.2 Å². The molecule has 19 heavy (non-hydrogen) atoms. The molecule has 0 saturated heterocycles. The van der Waals surface area contributed by atoms with Gasteiger partial charge in [-0.3, -0.25) is 0 Å². The molecule has 1 unspecified atom stereocenters. The number of rotatable bonds is 3. The fraction of sp³-hybridized carbons (Fsp3) is 0.571.